The summed E-state index contributed by atoms with van der Waals surface area (Å²) in [4.78, 5) is 28.9. The number of carbonyl (C=O) groups is 2. The molecule has 9 heteroatoms. The van der Waals surface area contributed by atoms with Crippen LogP contribution in [0.25, 0.3) is 0 Å². The van der Waals surface area contributed by atoms with Gasteiger partial charge in [0.15, 0.2) is 0 Å². The van der Waals surface area contributed by atoms with Crippen molar-refractivity contribution in [1.29, 1.82) is 0 Å². The topological polar surface area (TPSA) is 86.8 Å². The van der Waals surface area contributed by atoms with Gasteiger partial charge >= 0.3 is 0 Å². The van der Waals surface area contributed by atoms with Gasteiger partial charge in [0.25, 0.3) is 10.0 Å². The Labute approximate surface area is 243 Å². The van der Waals surface area contributed by atoms with Crippen LogP contribution in [0.4, 0.5) is 5.69 Å². The van der Waals surface area contributed by atoms with E-state index in [0.717, 1.165) is 27.4 Å². The molecular weight excluding hydrogens is 546 g/mol. The number of nitrogens with zero attached hydrogens (tertiary/aromatic N) is 2. The van der Waals surface area contributed by atoms with E-state index in [9.17, 15) is 18.0 Å². The molecule has 0 aromatic heterocycles. The minimum atomic E-state index is -4.16. The molecule has 0 spiro atoms. The molecule has 3 aromatic rings. The highest BCUT2D eigenvalue weighted by Crippen LogP contribution is 2.30. The number of anilines is 1. The third-order valence-electron chi connectivity index (χ3n) is 6.86. The zero-order valence-corrected chi connectivity index (χ0v) is 25.3. The maximum Gasteiger partial charge on any atom is 0.264 e. The molecule has 2 amide bonds. The van der Waals surface area contributed by atoms with Crippen molar-refractivity contribution in [2.75, 3.05) is 17.4 Å². The minimum absolute atomic E-state index is 0.0588. The maximum atomic E-state index is 14.2. The quantitative estimate of drug-likeness (QED) is 0.292. The number of hydrogen-bond acceptors (Lipinski definition) is 4. The summed E-state index contributed by atoms with van der Waals surface area (Å²) in [5, 5.41) is 3.25. The van der Waals surface area contributed by atoms with Crippen LogP contribution in [0, 0.1) is 20.8 Å². The second-order valence-electron chi connectivity index (χ2n) is 9.92. The summed E-state index contributed by atoms with van der Waals surface area (Å²) in [5.41, 5.74) is 3.71. The number of hydrogen-bond donors (Lipinski definition) is 1. The van der Waals surface area contributed by atoms with Crippen LogP contribution >= 0.6 is 11.6 Å². The Balaban J connectivity index is 2.11. The number of amides is 2. The first-order valence-corrected chi connectivity index (χ1v) is 15.3. The Morgan fingerprint density at radius 3 is 2.23 bits per heavy atom. The summed E-state index contributed by atoms with van der Waals surface area (Å²) in [5.74, 6) is -0.755. The van der Waals surface area contributed by atoms with Crippen LogP contribution in [0.1, 0.15) is 48.9 Å². The smallest absolute Gasteiger partial charge is 0.264 e. The van der Waals surface area contributed by atoms with Gasteiger partial charge in [0.2, 0.25) is 11.8 Å². The van der Waals surface area contributed by atoms with Crippen LogP contribution in [-0.2, 0) is 26.2 Å². The molecule has 0 unspecified atom stereocenters. The highest BCUT2D eigenvalue weighted by Gasteiger charge is 2.34. The number of halogens is 1. The van der Waals surface area contributed by atoms with Gasteiger partial charge in [0, 0.05) is 18.1 Å². The Hall–Kier alpha value is -3.36. The number of sulfonamides is 1. The van der Waals surface area contributed by atoms with Gasteiger partial charge in [-0.25, -0.2) is 8.42 Å². The van der Waals surface area contributed by atoms with Crippen LogP contribution in [0.2, 0.25) is 5.02 Å². The van der Waals surface area contributed by atoms with Crippen molar-refractivity contribution in [3.63, 3.8) is 0 Å². The molecule has 1 N–H and O–H groups in total. The van der Waals surface area contributed by atoms with Crippen LogP contribution in [-0.4, -0.2) is 44.3 Å². The van der Waals surface area contributed by atoms with Crippen LogP contribution in [0.5, 0.6) is 0 Å². The zero-order chi connectivity index (χ0) is 29.4. The molecular formula is C31H38ClN3O4S. The first kappa shape index (κ1) is 31.2. The van der Waals surface area contributed by atoms with E-state index in [4.69, 9.17) is 11.6 Å². The summed E-state index contributed by atoms with van der Waals surface area (Å²) in [6.45, 7) is 9.53. The molecule has 214 valence electrons. The van der Waals surface area contributed by atoms with Crippen LogP contribution in [0.3, 0.4) is 0 Å². The molecule has 0 aliphatic heterocycles. The van der Waals surface area contributed by atoms with Crippen LogP contribution in [0.15, 0.2) is 71.6 Å². The summed E-state index contributed by atoms with van der Waals surface area (Å²) >= 11 is 6.29. The van der Waals surface area contributed by atoms with E-state index in [1.807, 2.05) is 52.0 Å². The molecule has 0 fully saturated rings. The van der Waals surface area contributed by atoms with Gasteiger partial charge in [0.1, 0.15) is 12.6 Å². The van der Waals surface area contributed by atoms with Gasteiger partial charge in [-0.2, -0.15) is 0 Å². The normalized spacial score (nSPS) is 12.1. The number of aryl methyl sites for hydroxylation is 3. The molecule has 0 saturated heterocycles. The number of rotatable bonds is 12. The lowest BCUT2D eigenvalue weighted by molar-refractivity contribution is -0.140. The molecule has 40 heavy (non-hydrogen) atoms. The average molecular weight is 584 g/mol. The lowest BCUT2D eigenvalue weighted by atomic mass is 10.1. The summed E-state index contributed by atoms with van der Waals surface area (Å²) in [6.07, 6.45) is 1.12. The summed E-state index contributed by atoms with van der Waals surface area (Å²) in [6, 6.07) is 18.3. The van der Waals surface area contributed by atoms with E-state index in [1.54, 1.807) is 37.3 Å². The molecule has 0 aliphatic carbocycles. The van der Waals surface area contributed by atoms with Gasteiger partial charge in [-0.15, -0.1) is 0 Å². The molecule has 0 bridgehead atoms. The number of carbonyl (C=O) groups excluding carboxylic acids is 2. The van der Waals surface area contributed by atoms with E-state index in [2.05, 4.69) is 5.32 Å². The van der Waals surface area contributed by atoms with E-state index in [-0.39, 0.29) is 17.3 Å². The van der Waals surface area contributed by atoms with Crippen LogP contribution < -0.4 is 9.62 Å². The predicted molar refractivity (Wildman–Crippen MR) is 161 cm³/mol. The van der Waals surface area contributed by atoms with E-state index >= 15 is 0 Å². The van der Waals surface area contributed by atoms with E-state index in [0.29, 0.717) is 29.2 Å². The summed E-state index contributed by atoms with van der Waals surface area (Å²) < 4.78 is 29.2. The largest absolute Gasteiger partial charge is 0.354 e. The first-order chi connectivity index (χ1) is 19.0. The predicted octanol–water partition coefficient (Wildman–Crippen LogP) is 5.79. The van der Waals surface area contributed by atoms with Gasteiger partial charge in [-0.3, -0.25) is 13.9 Å². The van der Waals surface area contributed by atoms with Crippen molar-refractivity contribution in [1.82, 2.24) is 10.2 Å². The van der Waals surface area contributed by atoms with E-state index in [1.165, 1.54) is 17.0 Å². The van der Waals surface area contributed by atoms with E-state index < -0.39 is 28.5 Å². The van der Waals surface area contributed by atoms with Crippen molar-refractivity contribution in [3.8, 4) is 0 Å². The van der Waals surface area contributed by atoms with Crippen molar-refractivity contribution >= 4 is 39.1 Å². The SMILES string of the molecule is CCCNC(=O)[C@@H](CC)N(Cc1ccccc1C)C(=O)CN(c1cc(Cl)ccc1C)S(=O)(=O)c1ccc(C)cc1. The van der Waals surface area contributed by atoms with Gasteiger partial charge in [-0.05, 0) is 74.6 Å². The first-order valence-electron chi connectivity index (χ1n) is 13.5. The Kier molecular flexibility index (Phi) is 10.8. The molecule has 3 aromatic carbocycles. The standard InChI is InChI=1S/C31H38ClN3O4S/c1-6-18-33-31(37)28(7-2)34(20-25-11-9-8-10-23(25)4)30(36)21-35(29-19-26(32)15-14-24(29)5)40(38,39)27-16-12-22(3)13-17-27/h8-17,19,28H,6-7,18,20-21H2,1-5H3,(H,33,37)/t28-/m1/s1. The number of benzene rings is 3. The Morgan fingerprint density at radius 1 is 0.925 bits per heavy atom. The second kappa shape index (κ2) is 13.8. The molecule has 3 rings (SSSR count). The molecule has 7 nitrogen and oxygen atoms in total. The van der Waals surface area contributed by atoms with Crippen molar-refractivity contribution < 1.29 is 18.0 Å². The Bertz CT molecular complexity index is 1440. The maximum absolute atomic E-state index is 14.2. The molecule has 0 saturated carbocycles. The fraction of sp³-hybridized carbons (Fsp3) is 0.355. The second-order valence-corrected chi connectivity index (χ2v) is 12.2. The van der Waals surface area contributed by atoms with Gasteiger partial charge < -0.3 is 10.2 Å². The van der Waals surface area contributed by atoms with Gasteiger partial charge in [-0.1, -0.05) is 73.5 Å². The zero-order valence-electron chi connectivity index (χ0n) is 23.8. The Morgan fingerprint density at radius 2 is 1.60 bits per heavy atom. The molecule has 0 radical (unpaired) electrons. The van der Waals surface area contributed by atoms with Crippen molar-refractivity contribution in [3.05, 3.63) is 94.0 Å². The van der Waals surface area contributed by atoms with Gasteiger partial charge in [0.05, 0.1) is 10.6 Å². The molecule has 0 heterocycles. The highest BCUT2D eigenvalue weighted by molar-refractivity contribution is 7.92. The fourth-order valence-corrected chi connectivity index (χ4v) is 6.10. The monoisotopic (exact) mass is 583 g/mol. The third kappa shape index (κ3) is 7.43. The lowest BCUT2D eigenvalue weighted by Gasteiger charge is -2.34. The fourth-order valence-electron chi connectivity index (χ4n) is 4.46. The third-order valence-corrected chi connectivity index (χ3v) is 8.87. The lowest BCUT2D eigenvalue weighted by Crippen LogP contribution is -2.52. The minimum Gasteiger partial charge on any atom is -0.354 e. The molecule has 0 aliphatic rings. The average Bonchev–Trinajstić information content (AvgIpc) is 2.93. The highest BCUT2D eigenvalue weighted by atomic mass is 35.5. The summed E-state index contributed by atoms with van der Waals surface area (Å²) in [7, 11) is -4.16. The van der Waals surface area contributed by atoms with Crippen molar-refractivity contribution in [2.24, 2.45) is 0 Å². The molecule has 1 atom stereocenters. The number of nitrogens with one attached hydrogen (secondary N) is 1. The van der Waals surface area contributed by atoms with Crippen molar-refractivity contribution in [2.45, 2.75) is 64.9 Å².